The van der Waals surface area contributed by atoms with Crippen molar-refractivity contribution >= 4 is 22.4 Å². The summed E-state index contributed by atoms with van der Waals surface area (Å²) in [7, 11) is -3.48. The molecule has 25 heavy (non-hydrogen) atoms. The van der Waals surface area contributed by atoms with Crippen LogP contribution in [0.25, 0.3) is 0 Å². The van der Waals surface area contributed by atoms with Crippen molar-refractivity contribution < 1.29 is 17.9 Å². The van der Waals surface area contributed by atoms with E-state index in [1.807, 2.05) is 13.8 Å². The van der Waals surface area contributed by atoms with Gasteiger partial charge in [-0.15, -0.1) is 12.4 Å². The Morgan fingerprint density at radius 3 is 2.48 bits per heavy atom. The predicted molar refractivity (Wildman–Crippen MR) is 101 cm³/mol. The maximum atomic E-state index is 13.0. The zero-order valence-electron chi connectivity index (χ0n) is 14.9. The summed E-state index contributed by atoms with van der Waals surface area (Å²) in [4.78, 5) is 0.319. The summed E-state index contributed by atoms with van der Waals surface area (Å²) in [5, 5.41) is 3.24. The molecule has 1 atom stereocenters. The highest BCUT2D eigenvalue weighted by Crippen LogP contribution is 2.23. The van der Waals surface area contributed by atoms with Crippen LogP contribution in [0.5, 0.6) is 5.75 Å². The number of hydrogen-bond donors (Lipinski definition) is 1. The molecule has 0 aromatic heterocycles. The number of hydrogen-bond acceptors (Lipinski definition) is 5. The molecule has 1 aliphatic rings. The zero-order valence-corrected chi connectivity index (χ0v) is 16.6. The van der Waals surface area contributed by atoms with Gasteiger partial charge in [0.2, 0.25) is 10.0 Å². The Morgan fingerprint density at radius 2 is 1.92 bits per heavy atom. The van der Waals surface area contributed by atoms with Gasteiger partial charge in [0, 0.05) is 25.7 Å². The van der Waals surface area contributed by atoms with Crippen molar-refractivity contribution in [1.29, 1.82) is 0 Å². The maximum absolute atomic E-state index is 13.0. The van der Waals surface area contributed by atoms with E-state index in [2.05, 4.69) is 5.32 Å². The van der Waals surface area contributed by atoms with E-state index in [0.29, 0.717) is 37.0 Å². The average molecular weight is 393 g/mol. The van der Waals surface area contributed by atoms with Crippen LogP contribution in [0.3, 0.4) is 0 Å². The molecule has 1 heterocycles. The third kappa shape index (κ3) is 6.11. The number of sulfonamides is 1. The zero-order chi connectivity index (χ0) is 17.4. The summed E-state index contributed by atoms with van der Waals surface area (Å²) in [6.45, 7) is 7.70. The average Bonchev–Trinajstić information content (AvgIpc) is 3.11. The molecule has 0 saturated carbocycles. The van der Waals surface area contributed by atoms with Crippen molar-refractivity contribution in [2.75, 3.05) is 39.5 Å². The van der Waals surface area contributed by atoms with E-state index in [1.165, 1.54) is 0 Å². The minimum Gasteiger partial charge on any atom is -0.491 e. The SMILES string of the molecule is CCCN(C1CCNC1)S(=O)(=O)c1ccc(OCCOCC)cc1.Cl. The van der Waals surface area contributed by atoms with Crippen molar-refractivity contribution in [2.45, 2.75) is 37.6 Å². The Bertz CT molecular complexity index is 589. The molecule has 0 aliphatic carbocycles. The van der Waals surface area contributed by atoms with Gasteiger partial charge in [0.05, 0.1) is 11.5 Å². The van der Waals surface area contributed by atoms with E-state index < -0.39 is 10.0 Å². The molecule has 0 spiro atoms. The summed E-state index contributed by atoms with van der Waals surface area (Å²) in [6.07, 6.45) is 1.66. The number of nitrogens with zero attached hydrogens (tertiary/aromatic N) is 1. The van der Waals surface area contributed by atoms with Crippen LogP contribution in [-0.2, 0) is 14.8 Å². The molecule has 144 valence electrons. The molecule has 8 heteroatoms. The first-order valence-electron chi connectivity index (χ1n) is 8.62. The van der Waals surface area contributed by atoms with Gasteiger partial charge >= 0.3 is 0 Å². The van der Waals surface area contributed by atoms with E-state index in [0.717, 1.165) is 25.9 Å². The minimum absolute atomic E-state index is 0. The summed E-state index contributed by atoms with van der Waals surface area (Å²) in [6, 6.07) is 6.69. The molecule has 1 N–H and O–H groups in total. The van der Waals surface area contributed by atoms with E-state index in [1.54, 1.807) is 28.6 Å². The molecule has 1 unspecified atom stereocenters. The standard InChI is InChI=1S/C17H28N2O4S.ClH/c1-3-11-19(15-9-10-18-14-15)24(20,21)17-7-5-16(6-8-17)23-13-12-22-4-2;/h5-8,15,18H,3-4,9-14H2,1-2H3;1H. The van der Waals surface area contributed by atoms with Gasteiger partial charge in [-0.2, -0.15) is 4.31 Å². The van der Waals surface area contributed by atoms with Gasteiger partial charge in [-0.25, -0.2) is 8.42 Å². The van der Waals surface area contributed by atoms with Crippen LogP contribution < -0.4 is 10.1 Å². The van der Waals surface area contributed by atoms with Gasteiger partial charge in [0.25, 0.3) is 0 Å². The fourth-order valence-electron chi connectivity index (χ4n) is 2.81. The first-order valence-corrected chi connectivity index (χ1v) is 10.1. The van der Waals surface area contributed by atoms with Gasteiger partial charge in [-0.05, 0) is 50.6 Å². The molecule has 1 aromatic carbocycles. The second-order valence-corrected chi connectivity index (χ2v) is 7.67. The lowest BCUT2D eigenvalue weighted by Gasteiger charge is -2.27. The third-order valence-electron chi connectivity index (χ3n) is 4.02. The highest BCUT2D eigenvalue weighted by Gasteiger charge is 2.32. The van der Waals surface area contributed by atoms with Crippen LogP contribution in [0.1, 0.15) is 26.7 Å². The van der Waals surface area contributed by atoms with Crippen molar-refractivity contribution in [1.82, 2.24) is 9.62 Å². The van der Waals surface area contributed by atoms with Crippen LogP contribution in [-0.4, -0.2) is 58.2 Å². The third-order valence-corrected chi connectivity index (χ3v) is 5.98. The first-order chi connectivity index (χ1) is 11.6. The van der Waals surface area contributed by atoms with Crippen molar-refractivity contribution in [3.05, 3.63) is 24.3 Å². The molecule has 6 nitrogen and oxygen atoms in total. The van der Waals surface area contributed by atoms with Crippen LogP contribution in [0.4, 0.5) is 0 Å². The highest BCUT2D eigenvalue weighted by atomic mass is 35.5. The fourth-order valence-corrected chi connectivity index (χ4v) is 4.56. The molecular weight excluding hydrogens is 364 g/mol. The van der Waals surface area contributed by atoms with Crippen LogP contribution >= 0.6 is 12.4 Å². The topological polar surface area (TPSA) is 67.9 Å². The lowest BCUT2D eigenvalue weighted by Crippen LogP contribution is -2.41. The second kappa shape index (κ2) is 11.0. The predicted octanol–water partition coefficient (Wildman–Crippen LogP) is 2.29. The normalized spacial score (nSPS) is 17.5. The highest BCUT2D eigenvalue weighted by molar-refractivity contribution is 7.89. The minimum atomic E-state index is -3.48. The smallest absolute Gasteiger partial charge is 0.243 e. The summed E-state index contributed by atoms with van der Waals surface area (Å²) in [5.74, 6) is 0.651. The summed E-state index contributed by atoms with van der Waals surface area (Å²) in [5.41, 5.74) is 0. The lowest BCUT2D eigenvalue weighted by atomic mass is 10.2. The van der Waals surface area contributed by atoms with Crippen LogP contribution in [0.15, 0.2) is 29.2 Å². The van der Waals surface area contributed by atoms with Crippen molar-refractivity contribution in [3.8, 4) is 5.75 Å². The summed E-state index contributed by atoms with van der Waals surface area (Å²) >= 11 is 0. The number of ether oxygens (including phenoxy) is 2. The molecule has 1 saturated heterocycles. The Labute approximate surface area is 157 Å². The van der Waals surface area contributed by atoms with Gasteiger partial charge in [-0.3, -0.25) is 0 Å². The molecule has 2 rings (SSSR count). The first kappa shape index (κ1) is 22.2. The maximum Gasteiger partial charge on any atom is 0.243 e. The van der Waals surface area contributed by atoms with Crippen LogP contribution in [0, 0.1) is 0 Å². The van der Waals surface area contributed by atoms with E-state index in [9.17, 15) is 8.42 Å². The van der Waals surface area contributed by atoms with Gasteiger partial charge < -0.3 is 14.8 Å². The lowest BCUT2D eigenvalue weighted by molar-refractivity contribution is 0.110. The number of benzene rings is 1. The molecule has 1 fully saturated rings. The monoisotopic (exact) mass is 392 g/mol. The second-order valence-electron chi connectivity index (χ2n) is 5.78. The van der Waals surface area contributed by atoms with Crippen LogP contribution in [0.2, 0.25) is 0 Å². The van der Waals surface area contributed by atoms with Gasteiger partial charge in [0.1, 0.15) is 12.4 Å². The molecule has 0 amide bonds. The number of rotatable bonds is 10. The van der Waals surface area contributed by atoms with Gasteiger partial charge in [0.15, 0.2) is 0 Å². The van der Waals surface area contributed by atoms with Crippen molar-refractivity contribution in [3.63, 3.8) is 0 Å². The molecule has 1 aromatic rings. The van der Waals surface area contributed by atoms with E-state index in [4.69, 9.17) is 9.47 Å². The van der Waals surface area contributed by atoms with E-state index in [-0.39, 0.29) is 18.4 Å². The molecule has 0 bridgehead atoms. The quantitative estimate of drug-likeness (QED) is 0.619. The number of halogens is 1. The Kier molecular flexibility index (Phi) is 9.74. The Hall–Kier alpha value is -0.860. The summed E-state index contributed by atoms with van der Waals surface area (Å²) < 4.78 is 38.3. The van der Waals surface area contributed by atoms with Crippen molar-refractivity contribution in [2.24, 2.45) is 0 Å². The molecule has 0 radical (unpaired) electrons. The van der Waals surface area contributed by atoms with E-state index >= 15 is 0 Å². The molecular formula is C17H29ClN2O4S. The molecule has 1 aliphatic heterocycles. The Balaban J connectivity index is 0.00000312. The van der Waals surface area contributed by atoms with Gasteiger partial charge in [-0.1, -0.05) is 6.92 Å². The Morgan fingerprint density at radius 1 is 1.20 bits per heavy atom. The number of nitrogens with one attached hydrogen (secondary N) is 1. The fraction of sp³-hybridized carbons (Fsp3) is 0.647. The largest absolute Gasteiger partial charge is 0.491 e.